The van der Waals surface area contributed by atoms with E-state index in [1.54, 1.807) is 6.20 Å². The predicted molar refractivity (Wildman–Crippen MR) is 85.5 cm³/mol. The Labute approximate surface area is 126 Å². The number of pyridine rings is 1. The average Bonchev–Trinajstić information content (AvgIpc) is 2.42. The first-order valence-electron chi connectivity index (χ1n) is 6.12. The third kappa shape index (κ3) is 3.53. The number of aromatic nitrogens is 1. The Balaban J connectivity index is 2.15. The molecule has 2 rings (SSSR count). The first-order valence-corrected chi connectivity index (χ1v) is 7.20. The quantitative estimate of drug-likeness (QED) is 0.840. The van der Waals surface area contributed by atoms with E-state index in [9.17, 15) is 4.79 Å². The Morgan fingerprint density at radius 3 is 2.58 bits per heavy atom. The third-order valence-corrected chi connectivity index (χ3v) is 3.49. The van der Waals surface area contributed by atoms with Crippen LogP contribution in [0.25, 0.3) is 0 Å². The monoisotopic (exact) mass is 366 g/mol. The van der Waals surface area contributed by atoms with Crippen molar-refractivity contribution in [3.8, 4) is 0 Å². The maximum atomic E-state index is 12.1. The molecular formula is C15H15IN2O. The highest BCUT2D eigenvalue weighted by molar-refractivity contribution is 14.1. The van der Waals surface area contributed by atoms with E-state index in [1.165, 1.54) is 5.56 Å². The molecule has 98 valence electrons. The largest absolute Gasteiger partial charge is 0.306 e. The van der Waals surface area contributed by atoms with Crippen LogP contribution < -0.4 is 5.32 Å². The van der Waals surface area contributed by atoms with Crippen LogP contribution in [0.4, 0.5) is 5.82 Å². The number of carbonyl (C=O) groups excluding carboxylic acids is 1. The van der Waals surface area contributed by atoms with Gasteiger partial charge in [-0.25, -0.2) is 4.98 Å². The van der Waals surface area contributed by atoms with Crippen LogP contribution in [0.3, 0.4) is 0 Å². The lowest BCUT2D eigenvalue weighted by Gasteiger charge is -2.08. The van der Waals surface area contributed by atoms with Crippen molar-refractivity contribution in [2.24, 2.45) is 0 Å². The van der Waals surface area contributed by atoms with E-state index in [4.69, 9.17) is 0 Å². The summed E-state index contributed by atoms with van der Waals surface area (Å²) >= 11 is 2.20. The first-order chi connectivity index (χ1) is 9.10. The van der Waals surface area contributed by atoms with Gasteiger partial charge >= 0.3 is 0 Å². The molecule has 1 aromatic carbocycles. The van der Waals surface area contributed by atoms with Gasteiger partial charge in [-0.05, 0) is 65.3 Å². The molecule has 1 aromatic heterocycles. The maximum absolute atomic E-state index is 12.1. The first kappa shape index (κ1) is 14.0. The van der Waals surface area contributed by atoms with Gasteiger partial charge in [-0.15, -0.1) is 0 Å². The number of benzene rings is 1. The Bertz CT molecular complexity index is 594. The van der Waals surface area contributed by atoms with Gasteiger partial charge in [-0.1, -0.05) is 19.1 Å². The highest BCUT2D eigenvalue weighted by atomic mass is 127. The van der Waals surface area contributed by atoms with Crippen molar-refractivity contribution in [1.29, 1.82) is 0 Å². The van der Waals surface area contributed by atoms with Crippen molar-refractivity contribution in [2.45, 2.75) is 20.3 Å². The molecule has 0 radical (unpaired) electrons. The van der Waals surface area contributed by atoms with Crippen molar-refractivity contribution in [3.63, 3.8) is 0 Å². The molecule has 0 bridgehead atoms. The van der Waals surface area contributed by atoms with Gasteiger partial charge in [0.25, 0.3) is 5.91 Å². The lowest BCUT2D eigenvalue weighted by molar-refractivity contribution is 0.102. The zero-order chi connectivity index (χ0) is 13.8. The fourth-order valence-electron chi connectivity index (χ4n) is 1.74. The topological polar surface area (TPSA) is 42.0 Å². The molecule has 0 aliphatic carbocycles. The molecule has 0 unspecified atom stereocenters. The zero-order valence-electron chi connectivity index (χ0n) is 10.9. The lowest BCUT2D eigenvalue weighted by Crippen LogP contribution is -2.14. The van der Waals surface area contributed by atoms with Crippen LogP contribution in [0.5, 0.6) is 0 Å². The van der Waals surface area contributed by atoms with Crippen LogP contribution in [-0.2, 0) is 6.42 Å². The number of nitrogens with one attached hydrogen (secondary N) is 1. The molecule has 0 saturated carbocycles. The Morgan fingerprint density at radius 1 is 1.32 bits per heavy atom. The van der Waals surface area contributed by atoms with Crippen LogP contribution in [-0.4, -0.2) is 10.9 Å². The van der Waals surface area contributed by atoms with Crippen molar-refractivity contribution in [2.75, 3.05) is 5.32 Å². The second kappa shape index (κ2) is 6.14. The van der Waals surface area contributed by atoms with Gasteiger partial charge in [-0.2, -0.15) is 0 Å². The summed E-state index contributed by atoms with van der Waals surface area (Å²) in [4.78, 5) is 16.3. The minimum absolute atomic E-state index is 0.125. The summed E-state index contributed by atoms with van der Waals surface area (Å²) in [5, 5.41) is 2.84. The number of hydrogen-bond acceptors (Lipinski definition) is 2. The number of halogens is 1. The second-order valence-corrected chi connectivity index (χ2v) is 5.57. The molecule has 3 nitrogen and oxygen atoms in total. The molecular weight excluding hydrogens is 351 g/mol. The van der Waals surface area contributed by atoms with E-state index in [0.717, 1.165) is 15.6 Å². The second-order valence-electron chi connectivity index (χ2n) is 4.32. The number of hydrogen-bond donors (Lipinski definition) is 1. The molecule has 19 heavy (non-hydrogen) atoms. The number of aryl methyl sites for hydroxylation is 2. The Kier molecular flexibility index (Phi) is 4.52. The predicted octanol–water partition coefficient (Wildman–Crippen LogP) is 3.81. The average molecular weight is 366 g/mol. The zero-order valence-corrected chi connectivity index (χ0v) is 13.1. The summed E-state index contributed by atoms with van der Waals surface area (Å²) in [6.45, 7) is 4.03. The number of carbonyl (C=O) groups is 1. The Hall–Kier alpha value is -1.43. The molecule has 0 atom stereocenters. The van der Waals surface area contributed by atoms with Gasteiger partial charge in [0.1, 0.15) is 5.82 Å². The van der Waals surface area contributed by atoms with Crippen molar-refractivity contribution in [3.05, 3.63) is 56.8 Å². The van der Waals surface area contributed by atoms with E-state index in [0.29, 0.717) is 11.4 Å². The van der Waals surface area contributed by atoms with Crippen LogP contribution >= 0.6 is 22.6 Å². The molecule has 1 N–H and O–H groups in total. The molecule has 1 heterocycles. The van der Waals surface area contributed by atoms with Gasteiger partial charge in [0, 0.05) is 15.3 Å². The minimum Gasteiger partial charge on any atom is -0.306 e. The molecule has 0 spiro atoms. The molecule has 0 fully saturated rings. The van der Waals surface area contributed by atoms with Crippen LogP contribution in [0.2, 0.25) is 0 Å². The number of amides is 1. The number of nitrogens with zero attached hydrogens (tertiary/aromatic N) is 1. The summed E-state index contributed by atoms with van der Waals surface area (Å²) in [5.74, 6) is 0.490. The maximum Gasteiger partial charge on any atom is 0.256 e. The number of anilines is 1. The van der Waals surface area contributed by atoms with E-state index >= 15 is 0 Å². The van der Waals surface area contributed by atoms with E-state index in [2.05, 4.69) is 39.8 Å². The normalized spacial score (nSPS) is 10.3. The molecule has 0 aliphatic heterocycles. The molecule has 1 amide bonds. The fourth-order valence-corrected chi connectivity index (χ4v) is 2.35. The molecule has 0 saturated heterocycles. The highest BCUT2D eigenvalue weighted by Crippen LogP contribution is 2.15. The van der Waals surface area contributed by atoms with Gasteiger partial charge < -0.3 is 5.32 Å². The van der Waals surface area contributed by atoms with Crippen LogP contribution in [0.1, 0.15) is 28.4 Å². The highest BCUT2D eigenvalue weighted by Gasteiger charge is 2.08. The van der Waals surface area contributed by atoms with E-state index in [-0.39, 0.29) is 5.91 Å². The van der Waals surface area contributed by atoms with Gasteiger partial charge in [0.15, 0.2) is 0 Å². The van der Waals surface area contributed by atoms with Crippen molar-refractivity contribution in [1.82, 2.24) is 4.98 Å². The lowest BCUT2D eigenvalue weighted by atomic mass is 10.1. The van der Waals surface area contributed by atoms with Gasteiger partial charge in [0.2, 0.25) is 0 Å². The minimum atomic E-state index is -0.125. The van der Waals surface area contributed by atoms with Crippen molar-refractivity contribution >= 4 is 34.3 Å². The van der Waals surface area contributed by atoms with Crippen molar-refractivity contribution < 1.29 is 4.79 Å². The standard InChI is InChI=1S/C15H15IN2O/c1-3-11-4-6-12(7-5-11)15(19)18-14-10(2)8-13(16)9-17-14/h4-9H,3H2,1-2H3,(H,17,18,19). The summed E-state index contributed by atoms with van der Waals surface area (Å²) in [6, 6.07) is 9.63. The summed E-state index contributed by atoms with van der Waals surface area (Å²) < 4.78 is 1.06. The van der Waals surface area contributed by atoms with Crippen LogP contribution in [0, 0.1) is 10.5 Å². The SMILES string of the molecule is CCc1ccc(C(=O)Nc2ncc(I)cc2C)cc1. The molecule has 4 heteroatoms. The Morgan fingerprint density at radius 2 is 2.00 bits per heavy atom. The number of rotatable bonds is 3. The summed E-state index contributed by atoms with van der Waals surface area (Å²) in [5.41, 5.74) is 2.84. The summed E-state index contributed by atoms with van der Waals surface area (Å²) in [7, 11) is 0. The smallest absolute Gasteiger partial charge is 0.256 e. The third-order valence-electron chi connectivity index (χ3n) is 2.90. The summed E-state index contributed by atoms with van der Waals surface area (Å²) in [6.07, 6.45) is 2.71. The van der Waals surface area contributed by atoms with Gasteiger partial charge in [0.05, 0.1) is 0 Å². The van der Waals surface area contributed by atoms with E-state index < -0.39 is 0 Å². The van der Waals surface area contributed by atoms with Crippen LogP contribution in [0.15, 0.2) is 36.5 Å². The van der Waals surface area contributed by atoms with E-state index in [1.807, 2.05) is 37.3 Å². The fraction of sp³-hybridized carbons (Fsp3) is 0.200. The molecule has 2 aromatic rings. The van der Waals surface area contributed by atoms with Gasteiger partial charge in [-0.3, -0.25) is 4.79 Å². The molecule has 0 aliphatic rings.